The molecule has 8 nitrogen and oxygen atoms in total. The van der Waals surface area contributed by atoms with E-state index in [0.29, 0.717) is 39.1 Å². The summed E-state index contributed by atoms with van der Waals surface area (Å²) in [6.07, 6.45) is 5.14. The highest BCUT2D eigenvalue weighted by Gasteiger charge is 2.29. The molecule has 138 valence electrons. The summed E-state index contributed by atoms with van der Waals surface area (Å²) in [4.78, 5) is 38.4. The van der Waals surface area contributed by atoms with E-state index in [1.54, 1.807) is 16.4 Å². The predicted octanol–water partition coefficient (Wildman–Crippen LogP) is 0.573. The Balaban J connectivity index is 1.59. The maximum absolute atomic E-state index is 12.5. The molecular weight excluding hydrogens is 324 g/mol. The number of fused-ring (bicyclic) bond motifs is 1. The van der Waals surface area contributed by atoms with Gasteiger partial charge < -0.3 is 9.64 Å². The van der Waals surface area contributed by atoms with Gasteiger partial charge in [0.05, 0.1) is 12.5 Å². The number of aryl methyl sites for hydroxylation is 1. The molecule has 8 heteroatoms. The summed E-state index contributed by atoms with van der Waals surface area (Å²) in [5, 5.41) is 4.36. The van der Waals surface area contributed by atoms with Crippen LogP contribution in [0.3, 0.4) is 0 Å². The minimum atomic E-state index is -0.188. The Kier molecular flexibility index (Phi) is 5.55. The van der Waals surface area contributed by atoms with Crippen molar-refractivity contribution < 1.29 is 14.3 Å². The van der Waals surface area contributed by atoms with Gasteiger partial charge in [0.2, 0.25) is 5.91 Å². The average Bonchev–Trinajstić information content (AvgIpc) is 2.78. The van der Waals surface area contributed by atoms with Crippen LogP contribution in [-0.2, 0) is 33.8 Å². The molecule has 2 aliphatic rings. The molecule has 0 spiro atoms. The molecule has 0 saturated carbocycles. The van der Waals surface area contributed by atoms with Crippen molar-refractivity contribution in [3.05, 3.63) is 16.3 Å². The summed E-state index contributed by atoms with van der Waals surface area (Å²) >= 11 is 0. The molecule has 0 bridgehead atoms. The van der Waals surface area contributed by atoms with Crippen molar-refractivity contribution in [3.8, 4) is 0 Å². The average molecular weight is 350 g/mol. The molecular formula is C17H26N4O4. The lowest BCUT2D eigenvalue weighted by molar-refractivity contribution is -0.151. The standard InChI is InChI=1S/C17H26N4O4/c1-2-25-16(23)13-7-10-19(11-8-13)15(22)12-21-17(24)20-9-5-3-4-6-14(20)18-21/h13H,2-12H2,1H3. The molecule has 0 aliphatic carbocycles. The first-order valence-corrected chi connectivity index (χ1v) is 9.21. The Morgan fingerprint density at radius 2 is 1.92 bits per heavy atom. The molecule has 3 heterocycles. The van der Waals surface area contributed by atoms with Gasteiger partial charge in [0.1, 0.15) is 12.4 Å². The number of amides is 1. The highest BCUT2D eigenvalue weighted by Crippen LogP contribution is 2.19. The third kappa shape index (κ3) is 3.93. The van der Waals surface area contributed by atoms with Gasteiger partial charge in [0.15, 0.2) is 0 Å². The van der Waals surface area contributed by atoms with Crippen molar-refractivity contribution in [3.63, 3.8) is 0 Å². The van der Waals surface area contributed by atoms with Gasteiger partial charge in [0, 0.05) is 26.1 Å². The Bertz CT molecular complexity index is 685. The van der Waals surface area contributed by atoms with Crippen molar-refractivity contribution in [2.75, 3.05) is 19.7 Å². The van der Waals surface area contributed by atoms with E-state index in [2.05, 4.69) is 5.10 Å². The minimum absolute atomic E-state index is 0.0249. The Morgan fingerprint density at radius 3 is 2.64 bits per heavy atom. The van der Waals surface area contributed by atoms with E-state index in [9.17, 15) is 14.4 Å². The fourth-order valence-electron chi connectivity index (χ4n) is 3.58. The fraction of sp³-hybridized carbons (Fsp3) is 0.765. The van der Waals surface area contributed by atoms with Crippen molar-refractivity contribution in [2.24, 2.45) is 5.92 Å². The molecule has 2 aliphatic heterocycles. The Hall–Kier alpha value is -2.12. The van der Waals surface area contributed by atoms with E-state index in [0.717, 1.165) is 31.5 Å². The summed E-state index contributed by atoms with van der Waals surface area (Å²) in [6.45, 7) is 3.87. The summed E-state index contributed by atoms with van der Waals surface area (Å²) in [5.41, 5.74) is -0.188. The van der Waals surface area contributed by atoms with E-state index in [1.807, 2.05) is 0 Å². The maximum atomic E-state index is 12.5. The second-order valence-electron chi connectivity index (χ2n) is 6.73. The first-order chi connectivity index (χ1) is 12.1. The molecule has 1 saturated heterocycles. The molecule has 25 heavy (non-hydrogen) atoms. The third-order valence-corrected chi connectivity index (χ3v) is 5.03. The molecule has 1 fully saturated rings. The number of piperidine rings is 1. The third-order valence-electron chi connectivity index (χ3n) is 5.03. The molecule has 0 atom stereocenters. The van der Waals surface area contributed by atoms with E-state index in [4.69, 9.17) is 4.74 Å². The quantitative estimate of drug-likeness (QED) is 0.741. The number of carbonyl (C=O) groups excluding carboxylic acids is 2. The van der Waals surface area contributed by atoms with Gasteiger partial charge in [-0.2, -0.15) is 5.10 Å². The van der Waals surface area contributed by atoms with Crippen LogP contribution in [0.2, 0.25) is 0 Å². The Labute approximate surface area is 146 Å². The van der Waals surface area contributed by atoms with Crippen molar-refractivity contribution in [2.45, 2.75) is 58.5 Å². The van der Waals surface area contributed by atoms with E-state index in [-0.39, 0.29) is 30.0 Å². The maximum Gasteiger partial charge on any atom is 0.346 e. The molecule has 0 unspecified atom stereocenters. The number of ether oxygens (including phenoxy) is 1. The summed E-state index contributed by atoms with van der Waals surface area (Å²) in [7, 11) is 0. The smallest absolute Gasteiger partial charge is 0.346 e. The summed E-state index contributed by atoms with van der Waals surface area (Å²) in [6, 6.07) is 0. The monoisotopic (exact) mass is 350 g/mol. The SMILES string of the molecule is CCOC(=O)C1CCN(C(=O)Cn2nc3n(c2=O)CCCCC3)CC1. The van der Waals surface area contributed by atoms with Crippen LogP contribution in [0.5, 0.6) is 0 Å². The lowest BCUT2D eigenvalue weighted by atomic mass is 9.97. The number of carbonyl (C=O) groups is 2. The van der Waals surface area contributed by atoms with Gasteiger partial charge in [-0.1, -0.05) is 6.42 Å². The minimum Gasteiger partial charge on any atom is -0.466 e. The van der Waals surface area contributed by atoms with Gasteiger partial charge >= 0.3 is 11.7 Å². The molecule has 3 rings (SSSR count). The van der Waals surface area contributed by atoms with Crippen LogP contribution in [0.1, 0.15) is 44.9 Å². The first kappa shape index (κ1) is 17.7. The Morgan fingerprint density at radius 1 is 1.16 bits per heavy atom. The van der Waals surface area contributed by atoms with Crippen LogP contribution >= 0.6 is 0 Å². The molecule has 1 aromatic rings. The summed E-state index contributed by atoms with van der Waals surface area (Å²) < 4.78 is 8.04. The fourth-order valence-corrected chi connectivity index (χ4v) is 3.58. The number of rotatable bonds is 4. The first-order valence-electron chi connectivity index (χ1n) is 9.21. The highest BCUT2D eigenvalue weighted by molar-refractivity contribution is 5.77. The lowest BCUT2D eigenvalue weighted by Crippen LogP contribution is -2.43. The zero-order valence-electron chi connectivity index (χ0n) is 14.8. The number of hydrogen-bond acceptors (Lipinski definition) is 5. The largest absolute Gasteiger partial charge is 0.466 e. The zero-order chi connectivity index (χ0) is 17.8. The van der Waals surface area contributed by atoms with Crippen molar-refractivity contribution in [1.82, 2.24) is 19.2 Å². The molecule has 0 aromatic carbocycles. The van der Waals surface area contributed by atoms with Gasteiger partial charge in [-0.05, 0) is 32.6 Å². The molecule has 1 aromatic heterocycles. The van der Waals surface area contributed by atoms with Crippen LogP contribution in [-0.4, -0.2) is 50.8 Å². The van der Waals surface area contributed by atoms with Crippen LogP contribution in [0, 0.1) is 5.92 Å². The van der Waals surface area contributed by atoms with E-state index >= 15 is 0 Å². The number of nitrogens with zero attached hydrogens (tertiary/aromatic N) is 4. The van der Waals surface area contributed by atoms with Gasteiger partial charge in [-0.25, -0.2) is 9.48 Å². The van der Waals surface area contributed by atoms with E-state index in [1.165, 1.54) is 4.68 Å². The van der Waals surface area contributed by atoms with Gasteiger partial charge in [-0.3, -0.25) is 14.2 Å². The molecule has 0 N–H and O–H groups in total. The van der Waals surface area contributed by atoms with Gasteiger partial charge in [-0.15, -0.1) is 0 Å². The number of likely N-dealkylation sites (tertiary alicyclic amines) is 1. The van der Waals surface area contributed by atoms with Crippen molar-refractivity contribution >= 4 is 11.9 Å². The number of aromatic nitrogens is 3. The number of esters is 1. The summed E-state index contributed by atoms with van der Waals surface area (Å²) in [5.74, 6) is 0.369. The van der Waals surface area contributed by atoms with Crippen LogP contribution in [0.15, 0.2) is 4.79 Å². The molecule has 1 amide bonds. The topological polar surface area (TPSA) is 86.4 Å². The second kappa shape index (κ2) is 7.84. The van der Waals surface area contributed by atoms with Crippen LogP contribution < -0.4 is 5.69 Å². The second-order valence-corrected chi connectivity index (χ2v) is 6.73. The normalized spacial score (nSPS) is 18.5. The van der Waals surface area contributed by atoms with Crippen molar-refractivity contribution in [1.29, 1.82) is 0 Å². The highest BCUT2D eigenvalue weighted by atomic mass is 16.5. The lowest BCUT2D eigenvalue weighted by Gasteiger charge is -2.30. The van der Waals surface area contributed by atoms with E-state index < -0.39 is 0 Å². The van der Waals surface area contributed by atoms with Gasteiger partial charge in [0.25, 0.3) is 0 Å². The number of hydrogen-bond donors (Lipinski definition) is 0. The van der Waals surface area contributed by atoms with Crippen LogP contribution in [0.25, 0.3) is 0 Å². The molecule has 0 radical (unpaired) electrons. The zero-order valence-corrected chi connectivity index (χ0v) is 14.8. The predicted molar refractivity (Wildman–Crippen MR) is 90.0 cm³/mol. The van der Waals surface area contributed by atoms with Crippen LogP contribution in [0.4, 0.5) is 0 Å².